The molecule has 1 heterocycles. The zero-order chi connectivity index (χ0) is 35.2. The van der Waals surface area contributed by atoms with Gasteiger partial charge in [0, 0.05) is 24.7 Å². The Kier molecular flexibility index (Phi) is 13.8. The molecule has 0 spiro atoms. The highest BCUT2D eigenvalue weighted by Gasteiger charge is 2.34. The molecule has 15 nitrogen and oxygen atoms in total. The minimum absolute atomic E-state index is 0.0235. The molecule has 48 heavy (non-hydrogen) atoms. The van der Waals surface area contributed by atoms with Gasteiger partial charge in [-0.1, -0.05) is 74.5 Å². The lowest BCUT2D eigenvalue weighted by molar-refractivity contribution is -0.142. The summed E-state index contributed by atoms with van der Waals surface area (Å²) in [5, 5.41) is 19.9. The van der Waals surface area contributed by atoms with Gasteiger partial charge in [0.05, 0.1) is 18.8 Å². The minimum atomic E-state index is -1.54. The van der Waals surface area contributed by atoms with Crippen LogP contribution in [0, 0.1) is 5.92 Å². The van der Waals surface area contributed by atoms with Gasteiger partial charge in [-0.2, -0.15) is 0 Å². The van der Waals surface area contributed by atoms with E-state index in [1.165, 1.54) is 12.5 Å². The number of aromatic amines is 1. The van der Waals surface area contributed by atoms with Crippen molar-refractivity contribution in [3.63, 3.8) is 0 Å². The second-order valence-electron chi connectivity index (χ2n) is 11.7. The number of nitrogens with one attached hydrogen (secondary N) is 5. The molecular weight excluding hydrogens is 620 g/mol. The van der Waals surface area contributed by atoms with Gasteiger partial charge in [-0.3, -0.25) is 24.0 Å². The Hall–Kier alpha value is -5.57. The highest BCUT2D eigenvalue weighted by atomic mass is 16.4. The molecule has 0 radical (unpaired) electrons. The first-order valence-corrected chi connectivity index (χ1v) is 15.4. The predicted molar refractivity (Wildman–Crippen MR) is 175 cm³/mol. The third-order valence-electron chi connectivity index (χ3n) is 7.43. The molecular formula is C33H42N8O7. The summed E-state index contributed by atoms with van der Waals surface area (Å²) in [5.41, 5.74) is 13.4. The van der Waals surface area contributed by atoms with Crippen molar-refractivity contribution >= 4 is 35.5 Å². The molecule has 256 valence electrons. The first kappa shape index (κ1) is 36.9. The van der Waals surface area contributed by atoms with Crippen molar-refractivity contribution in [1.29, 1.82) is 0 Å². The van der Waals surface area contributed by atoms with Gasteiger partial charge in [0.2, 0.25) is 29.5 Å². The second-order valence-corrected chi connectivity index (χ2v) is 11.7. The van der Waals surface area contributed by atoms with Gasteiger partial charge < -0.3 is 42.8 Å². The van der Waals surface area contributed by atoms with Crippen molar-refractivity contribution in [2.45, 2.75) is 69.7 Å². The molecule has 0 aliphatic carbocycles. The SMILES string of the molecule is CC(C)[C@H](NC(=O)[C@@H](N)Cc1ccccc1)C(=O)N[C@@H](CC(N)=O)C(=O)N[C@@H](Cc1cnc[nH]1)C(=O)N[C@@H](Cc1ccccc1)C(=O)O. The Morgan fingerprint density at radius 2 is 1.27 bits per heavy atom. The number of aliphatic carboxylic acids is 1. The smallest absolute Gasteiger partial charge is 0.326 e. The van der Waals surface area contributed by atoms with Gasteiger partial charge in [-0.15, -0.1) is 0 Å². The Labute approximate surface area is 277 Å². The number of benzene rings is 2. The fraction of sp³-hybridized carbons (Fsp3) is 0.364. The lowest BCUT2D eigenvalue weighted by Crippen LogP contribution is -2.60. The van der Waals surface area contributed by atoms with Crippen LogP contribution in [0.15, 0.2) is 73.2 Å². The van der Waals surface area contributed by atoms with Crippen molar-refractivity contribution in [3.8, 4) is 0 Å². The van der Waals surface area contributed by atoms with E-state index in [4.69, 9.17) is 11.5 Å². The second kappa shape index (κ2) is 17.9. The van der Waals surface area contributed by atoms with Crippen LogP contribution in [0.1, 0.15) is 37.1 Å². The predicted octanol–water partition coefficient (Wildman–Crippen LogP) is -0.680. The van der Waals surface area contributed by atoms with Gasteiger partial charge in [0.15, 0.2) is 0 Å². The number of carboxylic acids is 1. The standard InChI is InChI=1S/C33H42N8O7/c1-19(2)28(41-29(43)23(34)13-20-9-5-3-6-10-20)32(46)39-25(16-27(35)42)31(45)38-24(15-22-17-36-18-37-22)30(44)40-26(33(47)48)14-21-11-7-4-8-12-21/h3-12,17-19,23-26,28H,13-16,34H2,1-2H3,(H2,35,42)(H,36,37)(H,38,45)(H,39,46)(H,40,44)(H,41,43)(H,47,48)/t23-,24-,25-,26-,28-/m0/s1. The van der Waals surface area contributed by atoms with E-state index in [1.807, 2.05) is 30.3 Å². The van der Waals surface area contributed by atoms with E-state index in [-0.39, 0.29) is 19.3 Å². The summed E-state index contributed by atoms with van der Waals surface area (Å²) in [6.45, 7) is 3.35. The monoisotopic (exact) mass is 662 g/mol. The van der Waals surface area contributed by atoms with Gasteiger partial charge in [-0.25, -0.2) is 9.78 Å². The van der Waals surface area contributed by atoms with Crippen LogP contribution in [0.2, 0.25) is 0 Å². The van der Waals surface area contributed by atoms with Crippen LogP contribution in [0.5, 0.6) is 0 Å². The maximum Gasteiger partial charge on any atom is 0.326 e. The molecule has 3 aromatic rings. The van der Waals surface area contributed by atoms with E-state index in [1.54, 1.807) is 44.2 Å². The highest BCUT2D eigenvalue weighted by molar-refractivity contribution is 5.97. The molecule has 0 unspecified atom stereocenters. The summed E-state index contributed by atoms with van der Waals surface area (Å²) in [4.78, 5) is 84.0. The molecule has 0 saturated heterocycles. The van der Waals surface area contributed by atoms with E-state index in [2.05, 4.69) is 31.2 Å². The summed E-state index contributed by atoms with van der Waals surface area (Å²) in [7, 11) is 0. The van der Waals surface area contributed by atoms with Crippen molar-refractivity contribution < 1.29 is 33.9 Å². The van der Waals surface area contributed by atoms with Crippen molar-refractivity contribution in [3.05, 3.63) is 90.0 Å². The first-order chi connectivity index (χ1) is 22.8. The van der Waals surface area contributed by atoms with Crippen LogP contribution in [-0.2, 0) is 48.0 Å². The number of hydrogen-bond donors (Lipinski definition) is 8. The summed E-state index contributed by atoms with van der Waals surface area (Å²) in [6.07, 6.45) is 2.23. The summed E-state index contributed by atoms with van der Waals surface area (Å²) in [6, 6.07) is 11.4. The Bertz CT molecular complexity index is 1530. The van der Waals surface area contributed by atoms with E-state index in [0.717, 1.165) is 5.56 Å². The number of H-pyrrole nitrogens is 1. The summed E-state index contributed by atoms with van der Waals surface area (Å²) >= 11 is 0. The normalized spacial score (nSPS) is 14.1. The molecule has 1 aromatic heterocycles. The fourth-order valence-corrected chi connectivity index (χ4v) is 4.85. The molecule has 0 aliphatic rings. The van der Waals surface area contributed by atoms with E-state index >= 15 is 0 Å². The zero-order valence-electron chi connectivity index (χ0n) is 26.7. The first-order valence-electron chi connectivity index (χ1n) is 15.4. The minimum Gasteiger partial charge on any atom is -0.480 e. The molecule has 5 atom stereocenters. The number of imidazole rings is 1. The molecule has 15 heteroatoms. The molecule has 0 saturated carbocycles. The van der Waals surface area contributed by atoms with Crippen LogP contribution < -0.4 is 32.7 Å². The van der Waals surface area contributed by atoms with Crippen LogP contribution >= 0.6 is 0 Å². The number of primary amides is 1. The number of hydrogen-bond acceptors (Lipinski definition) is 8. The molecule has 2 aromatic carbocycles. The van der Waals surface area contributed by atoms with Crippen LogP contribution in [0.4, 0.5) is 0 Å². The highest BCUT2D eigenvalue weighted by Crippen LogP contribution is 2.09. The van der Waals surface area contributed by atoms with Gasteiger partial charge in [0.1, 0.15) is 24.2 Å². The Morgan fingerprint density at radius 3 is 1.79 bits per heavy atom. The van der Waals surface area contributed by atoms with Gasteiger partial charge >= 0.3 is 5.97 Å². The molecule has 0 bridgehead atoms. The lowest BCUT2D eigenvalue weighted by atomic mass is 10.0. The summed E-state index contributed by atoms with van der Waals surface area (Å²) < 4.78 is 0. The number of nitrogens with two attached hydrogens (primary N) is 2. The maximum atomic E-state index is 13.5. The largest absolute Gasteiger partial charge is 0.480 e. The topological polar surface area (TPSA) is 251 Å². The van der Waals surface area contributed by atoms with Crippen LogP contribution in [0.3, 0.4) is 0 Å². The number of carbonyl (C=O) groups is 6. The Balaban J connectivity index is 1.75. The molecule has 5 amide bonds. The molecule has 0 fully saturated rings. The molecule has 3 rings (SSSR count). The third-order valence-corrected chi connectivity index (χ3v) is 7.43. The quantitative estimate of drug-likeness (QED) is 0.0858. The van der Waals surface area contributed by atoms with Crippen molar-refractivity contribution in [2.75, 3.05) is 0 Å². The van der Waals surface area contributed by atoms with Crippen molar-refractivity contribution in [2.24, 2.45) is 17.4 Å². The number of nitrogens with zero attached hydrogens (tertiary/aromatic N) is 1. The van der Waals surface area contributed by atoms with E-state index in [0.29, 0.717) is 11.3 Å². The van der Waals surface area contributed by atoms with E-state index in [9.17, 15) is 33.9 Å². The van der Waals surface area contributed by atoms with Gasteiger partial charge in [0.25, 0.3) is 0 Å². The van der Waals surface area contributed by atoms with Gasteiger partial charge in [-0.05, 0) is 23.5 Å². The van der Waals surface area contributed by atoms with Crippen LogP contribution in [-0.4, -0.2) is 80.8 Å². The number of rotatable bonds is 18. The Morgan fingerprint density at radius 1 is 0.729 bits per heavy atom. The van der Waals surface area contributed by atoms with Crippen molar-refractivity contribution in [1.82, 2.24) is 31.2 Å². The number of aromatic nitrogens is 2. The zero-order valence-corrected chi connectivity index (χ0v) is 26.7. The third kappa shape index (κ3) is 11.7. The number of amides is 5. The number of carbonyl (C=O) groups excluding carboxylic acids is 5. The summed E-state index contributed by atoms with van der Waals surface area (Å²) in [5.74, 6) is -5.81. The average molecular weight is 663 g/mol. The lowest BCUT2D eigenvalue weighted by Gasteiger charge is -2.27. The maximum absolute atomic E-state index is 13.5. The molecule has 10 N–H and O–H groups in total. The number of carboxylic acid groups (broad SMARTS) is 1. The van der Waals surface area contributed by atoms with Crippen LogP contribution in [0.25, 0.3) is 0 Å². The van der Waals surface area contributed by atoms with E-state index < -0.39 is 78.1 Å². The average Bonchev–Trinajstić information content (AvgIpc) is 3.56. The fourth-order valence-electron chi connectivity index (χ4n) is 4.85. The molecule has 0 aliphatic heterocycles.